The van der Waals surface area contributed by atoms with Gasteiger partial charge in [0, 0.05) is 5.25 Å². The molecule has 0 bridgehead atoms. The van der Waals surface area contributed by atoms with Gasteiger partial charge in [0.15, 0.2) is 0 Å². The van der Waals surface area contributed by atoms with Gasteiger partial charge in [0.25, 0.3) is 20.2 Å². The molecule has 0 aromatic heterocycles. The quantitative estimate of drug-likeness (QED) is 0.644. The molecule has 0 saturated heterocycles. The van der Waals surface area contributed by atoms with Crippen molar-refractivity contribution in [3.8, 4) is 0 Å². The molecule has 164 valence electrons. The Labute approximate surface area is 167 Å². The Bertz CT molecular complexity index is 895. The van der Waals surface area contributed by atoms with Gasteiger partial charge in [0.1, 0.15) is 0 Å². The van der Waals surface area contributed by atoms with Gasteiger partial charge in [-0.25, -0.2) is 8.42 Å². The maximum absolute atomic E-state index is 10.5. The van der Waals surface area contributed by atoms with Gasteiger partial charge in [-0.05, 0) is 57.6 Å². The average molecular weight is 460 g/mol. The molecule has 0 atom stereocenters. The number of aryl methyl sites for hydroxylation is 1. The molecule has 1 aliphatic rings. The predicted octanol–water partition coefficient (Wildman–Crippen LogP) is 2.25. The van der Waals surface area contributed by atoms with Crippen molar-refractivity contribution in [3.05, 3.63) is 29.8 Å². The predicted molar refractivity (Wildman–Crippen MR) is 104 cm³/mol. The van der Waals surface area contributed by atoms with Crippen molar-refractivity contribution in [2.45, 2.75) is 56.6 Å². The SMILES string of the molecule is CC1CCC(S(=O)(=O)[O-])CC1.CCS(=O)(=O)O.Cc1ccc(S(=O)(=O)O)cc1. The molecule has 2 N–H and O–H groups in total. The fourth-order valence-electron chi connectivity index (χ4n) is 2.23. The fourth-order valence-corrected chi connectivity index (χ4v) is 3.56. The third kappa shape index (κ3) is 12.4. The summed E-state index contributed by atoms with van der Waals surface area (Å²) in [5, 5.41) is -0.598. The first-order valence-electron chi connectivity index (χ1n) is 8.50. The van der Waals surface area contributed by atoms with Crippen molar-refractivity contribution in [3.63, 3.8) is 0 Å². The van der Waals surface area contributed by atoms with Crippen molar-refractivity contribution in [2.24, 2.45) is 5.92 Å². The van der Waals surface area contributed by atoms with Gasteiger partial charge in [-0.15, -0.1) is 0 Å². The van der Waals surface area contributed by atoms with Gasteiger partial charge in [0.05, 0.1) is 20.8 Å². The molecule has 0 unspecified atom stereocenters. The third-order valence-corrected chi connectivity index (χ3v) is 6.94. The lowest BCUT2D eigenvalue weighted by atomic mass is 9.91. The monoisotopic (exact) mass is 459 g/mol. The van der Waals surface area contributed by atoms with E-state index in [1.165, 1.54) is 19.1 Å². The summed E-state index contributed by atoms with van der Waals surface area (Å²) < 4.78 is 88.1. The molecule has 0 radical (unpaired) electrons. The van der Waals surface area contributed by atoms with E-state index in [4.69, 9.17) is 9.11 Å². The van der Waals surface area contributed by atoms with Crippen molar-refractivity contribution in [1.82, 2.24) is 0 Å². The number of rotatable bonds is 3. The Morgan fingerprint density at radius 1 is 0.929 bits per heavy atom. The van der Waals surface area contributed by atoms with E-state index < -0.39 is 35.6 Å². The van der Waals surface area contributed by atoms with Gasteiger partial charge in [-0.3, -0.25) is 9.11 Å². The normalized spacial score (nSPS) is 20.2. The molecule has 1 aromatic rings. The van der Waals surface area contributed by atoms with E-state index >= 15 is 0 Å². The highest BCUT2D eigenvalue weighted by molar-refractivity contribution is 7.86. The van der Waals surface area contributed by atoms with E-state index in [-0.39, 0.29) is 10.6 Å². The van der Waals surface area contributed by atoms with E-state index in [0.717, 1.165) is 18.4 Å². The van der Waals surface area contributed by atoms with Crippen LogP contribution in [0.3, 0.4) is 0 Å². The Hall–Kier alpha value is -1.05. The summed E-state index contributed by atoms with van der Waals surface area (Å²) in [5.74, 6) is 0.389. The van der Waals surface area contributed by atoms with Crippen LogP contribution in [0.5, 0.6) is 0 Å². The number of benzene rings is 1. The Morgan fingerprint density at radius 3 is 1.61 bits per heavy atom. The Morgan fingerprint density at radius 2 is 1.32 bits per heavy atom. The summed E-state index contributed by atoms with van der Waals surface area (Å²) >= 11 is 0. The first kappa shape index (κ1) is 27.0. The number of hydrogen-bond acceptors (Lipinski definition) is 7. The van der Waals surface area contributed by atoms with Crippen molar-refractivity contribution in [1.29, 1.82) is 0 Å². The minimum Gasteiger partial charge on any atom is -0.748 e. The zero-order valence-electron chi connectivity index (χ0n) is 16.0. The summed E-state index contributed by atoms with van der Waals surface area (Å²) in [4.78, 5) is -0.0666. The van der Waals surface area contributed by atoms with Gasteiger partial charge < -0.3 is 4.55 Å². The Balaban J connectivity index is 0.000000411. The summed E-state index contributed by atoms with van der Waals surface area (Å²) in [6.07, 6.45) is 2.89. The summed E-state index contributed by atoms with van der Waals surface area (Å²) in [7, 11) is -11.7. The van der Waals surface area contributed by atoms with E-state index in [9.17, 15) is 29.8 Å². The molecule has 12 heteroatoms. The standard InChI is InChI=1S/C7H14O3S.C7H8O3S.C2H6O3S/c2*1-6-2-4-7(5-3-6)11(8,9)10;1-2-6(3,4)5/h6-7H,2-5H2,1H3,(H,8,9,10);2-5H,1H3,(H,8,9,10);2H2,1H3,(H,3,4,5)/p-1. The van der Waals surface area contributed by atoms with Gasteiger partial charge in [-0.2, -0.15) is 16.8 Å². The van der Waals surface area contributed by atoms with Gasteiger partial charge in [-0.1, -0.05) is 24.6 Å². The summed E-state index contributed by atoms with van der Waals surface area (Å²) in [5.41, 5.74) is 0.956. The molecule has 0 heterocycles. The maximum atomic E-state index is 10.5. The van der Waals surface area contributed by atoms with Crippen LogP contribution in [0.2, 0.25) is 0 Å². The van der Waals surface area contributed by atoms with E-state index in [2.05, 4.69) is 6.92 Å². The number of hydrogen-bond donors (Lipinski definition) is 2. The van der Waals surface area contributed by atoms with Gasteiger partial charge in [0.2, 0.25) is 0 Å². The lowest BCUT2D eigenvalue weighted by Crippen LogP contribution is -2.25. The molecule has 9 nitrogen and oxygen atoms in total. The largest absolute Gasteiger partial charge is 0.748 e. The molecule has 0 aliphatic heterocycles. The maximum Gasteiger partial charge on any atom is 0.294 e. The molecule has 0 spiro atoms. The summed E-state index contributed by atoms with van der Waals surface area (Å²) in [6.45, 7) is 5.30. The fraction of sp³-hybridized carbons (Fsp3) is 0.625. The highest BCUT2D eigenvalue weighted by atomic mass is 32.2. The molecule has 2 rings (SSSR count). The topological polar surface area (TPSA) is 166 Å². The lowest BCUT2D eigenvalue weighted by molar-refractivity contribution is 0.359. The second kappa shape index (κ2) is 11.2. The van der Waals surface area contributed by atoms with E-state index in [1.807, 2.05) is 6.92 Å². The molecular weight excluding hydrogens is 432 g/mol. The van der Waals surface area contributed by atoms with Crippen LogP contribution in [-0.4, -0.2) is 49.9 Å². The van der Waals surface area contributed by atoms with Crippen molar-refractivity contribution >= 4 is 30.4 Å². The molecule has 1 aliphatic carbocycles. The zero-order chi connectivity index (χ0) is 22.2. The third-order valence-electron chi connectivity index (χ3n) is 4.05. The molecular formula is C16H27O9S3-. The van der Waals surface area contributed by atoms with Crippen LogP contribution < -0.4 is 0 Å². The molecule has 1 aromatic carbocycles. The highest BCUT2D eigenvalue weighted by Gasteiger charge is 2.22. The molecule has 28 heavy (non-hydrogen) atoms. The van der Waals surface area contributed by atoms with Crippen LogP contribution in [0.15, 0.2) is 29.2 Å². The minimum atomic E-state index is -4.02. The molecule has 1 fully saturated rings. The minimum absolute atomic E-state index is 0.0666. The van der Waals surface area contributed by atoms with E-state index in [0.29, 0.717) is 18.8 Å². The van der Waals surface area contributed by atoms with Crippen LogP contribution in [0, 0.1) is 12.8 Å². The average Bonchev–Trinajstić information content (AvgIpc) is 2.54. The lowest BCUT2D eigenvalue weighted by Gasteiger charge is -2.27. The van der Waals surface area contributed by atoms with Gasteiger partial charge >= 0.3 is 0 Å². The second-order valence-electron chi connectivity index (χ2n) is 6.53. The van der Waals surface area contributed by atoms with E-state index in [1.54, 1.807) is 12.1 Å². The summed E-state index contributed by atoms with van der Waals surface area (Å²) in [6, 6.07) is 5.99. The van der Waals surface area contributed by atoms with Crippen molar-refractivity contribution < 1.29 is 38.9 Å². The first-order valence-corrected chi connectivity index (χ1v) is 13.0. The van der Waals surface area contributed by atoms with Crippen LogP contribution in [0.1, 0.15) is 45.1 Å². The zero-order valence-corrected chi connectivity index (χ0v) is 18.4. The highest BCUT2D eigenvalue weighted by Crippen LogP contribution is 2.27. The van der Waals surface area contributed by atoms with Crippen LogP contribution in [0.25, 0.3) is 0 Å². The molecule has 1 saturated carbocycles. The van der Waals surface area contributed by atoms with Crippen LogP contribution >= 0.6 is 0 Å². The van der Waals surface area contributed by atoms with Crippen molar-refractivity contribution in [2.75, 3.05) is 5.75 Å². The Kier molecular flexibility index (Phi) is 10.8. The molecule has 0 amide bonds. The smallest absolute Gasteiger partial charge is 0.294 e. The first-order chi connectivity index (χ1) is 12.6. The van der Waals surface area contributed by atoms with Crippen LogP contribution in [-0.2, 0) is 30.4 Å². The second-order valence-corrected chi connectivity index (χ2v) is 11.3. The van der Waals surface area contributed by atoms with Crippen LogP contribution in [0.4, 0.5) is 0 Å².